The van der Waals surface area contributed by atoms with Gasteiger partial charge in [-0.25, -0.2) is 8.78 Å². The van der Waals surface area contributed by atoms with E-state index >= 15 is 0 Å². The van der Waals surface area contributed by atoms with Crippen LogP contribution in [0.5, 0.6) is 0 Å². The van der Waals surface area contributed by atoms with Crippen LogP contribution in [-0.2, 0) is 10.4 Å². The fourth-order valence-corrected chi connectivity index (χ4v) is 3.74. The molecule has 0 bridgehead atoms. The Morgan fingerprint density at radius 3 is 2.33 bits per heavy atom. The minimum absolute atomic E-state index is 0.121. The van der Waals surface area contributed by atoms with Crippen LogP contribution in [-0.4, -0.2) is 21.5 Å². The number of hydrogen-bond donors (Lipinski definition) is 3. The third-order valence-electron chi connectivity index (χ3n) is 4.06. The molecule has 0 saturated carbocycles. The molecule has 0 spiro atoms. The molecule has 1 aliphatic heterocycles. The molecule has 1 atom stereocenters. The lowest BCUT2D eigenvalue weighted by Gasteiger charge is -2.22. The number of hydrazine groups is 1. The number of para-hydroxylation sites is 1. The number of nitrogens with two attached hydrogens (primary N) is 1. The SMILES string of the molecule is CC(C)(O)c1cc(F)c(C2=CC(C(N)=O)N(Nc3ccccc3)S2)c(F)c1. The van der Waals surface area contributed by atoms with Crippen LogP contribution in [0.3, 0.4) is 0 Å². The number of nitrogens with one attached hydrogen (secondary N) is 1. The number of aliphatic hydroxyl groups is 1. The molecule has 1 aliphatic rings. The van der Waals surface area contributed by atoms with E-state index in [0.717, 1.165) is 24.1 Å². The van der Waals surface area contributed by atoms with E-state index in [-0.39, 0.29) is 16.0 Å². The van der Waals surface area contributed by atoms with Gasteiger partial charge < -0.3 is 16.3 Å². The standard InChI is InChI=1S/C19H19F2N3O2S/c1-19(2,26)11-8-13(20)17(14(21)9-11)16-10-15(18(22)25)24(27-16)23-12-6-4-3-5-7-12/h3-10,15,23,26H,1-2H3,(H2,22,25). The predicted molar refractivity (Wildman–Crippen MR) is 102 cm³/mol. The summed E-state index contributed by atoms with van der Waals surface area (Å²) in [5.41, 5.74) is 7.62. The molecule has 0 aliphatic carbocycles. The van der Waals surface area contributed by atoms with Gasteiger partial charge in [0.15, 0.2) is 0 Å². The van der Waals surface area contributed by atoms with Gasteiger partial charge in [0.05, 0.1) is 11.2 Å². The molecule has 0 aromatic heterocycles. The van der Waals surface area contributed by atoms with Crippen molar-refractivity contribution in [2.24, 2.45) is 5.73 Å². The van der Waals surface area contributed by atoms with Gasteiger partial charge in [-0.15, -0.1) is 4.41 Å². The number of anilines is 1. The molecule has 5 nitrogen and oxygen atoms in total. The number of rotatable bonds is 5. The van der Waals surface area contributed by atoms with Crippen molar-refractivity contribution in [2.45, 2.75) is 25.5 Å². The minimum Gasteiger partial charge on any atom is -0.386 e. The first kappa shape index (κ1) is 19.3. The fourth-order valence-electron chi connectivity index (χ4n) is 2.62. The molecule has 3 rings (SSSR count). The zero-order valence-electron chi connectivity index (χ0n) is 14.7. The van der Waals surface area contributed by atoms with Crippen molar-refractivity contribution in [1.82, 2.24) is 4.41 Å². The summed E-state index contributed by atoms with van der Waals surface area (Å²) in [5.74, 6) is -2.30. The van der Waals surface area contributed by atoms with Gasteiger partial charge in [-0.3, -0.25) is 4.79 Å². The summed E-state index contributed by atoms with van der Waals surface area (Å²) in [7, 11) is 0. The molecule has 27 heavy (non-hydrogen) atoms. The van der Waals surface area contributed by atoms with Crippen molar-refractivity contribution in [1.29, 1.82) is 0 Å². The zero-order valence-corrected chi connectivity index (χ0v) is 15.6. The predicted octanol–water partition coefficient (Wildman–Crippen LogP) is 3.38. The van der Waals surface area contributed by atoms with Gasteiger partial charge in [0, 0.05) is 10.6 Å². The van der Waals surface area contributed by atoms with Gasteiger partial charge in [-0.05, 0) is 61.7 Å². The quantitative estimate of drug-likeness (QED) is 0.681. The number of nitrogens with zero attached hydrogens (tertiary/aromatic N) is 1. The Bertz CT molecular complexity index is 875. The maximum absolute atomic E-state index is 14.6. The smallest absolute Gasteiger partial charge is 0.241 e. The minimum atomic E-state index is -1.38. The van der Waals surface area contributed by atoms with E-state index in [9.17, 15) is 18.7 Å². The van der Waals surface area contributed by atoms with Gasteiger partial charge in [-0.1, -0.05) is 18.2 Å². The third-order valence-corrected chi connectivity index (χ3v) is 5.11. The number of carbonyl (C=O) groups is 1. The maximum atomic E-state index is 14.6. The highest BCUT2D eigenvalue weighted by atomic mass is 32.2. The van der Waals surface area contributed by atoms with Crippen LogP contribution in [0.4, 0.5) is 14.5 Å². The van der Waals surface area contributed by atoms with E-state index in [1.54, 1.807) is 12.1 Å². The summed E-state index contributed by atoms with van der Waals surface area (Å²) in [5, 5.41) is 9.98. The number of hydrogen-bond acceptors (Lipinski definition) is 5. The highest BCUT2D eigenvalue weighted by molar-refractivity contribution is 8.06. The number of amides is 1. The summed E-state index contributed by atoms with van der Waals surface area (Å²) >= 11 is 0.977. The van der Waals surface area contributed by atoms with Gasteiger partial charge in [-0.2, -0.15) is 0 Å². The highest BCUT2D eigenvalue weighted by Gasteiger charge is 2.34. The summed E-state index contributed by atoms with van der Waals surface area (Å²) in [6.45, 7) is 2.89. The molecule has 2 aromatic rings. The first-order valence-electron chi connectivity index (χ1n) is 8.19. The average Bonchev–Trinajstić information content (AvgIpc) is 2.98. The molecule has 0 radical (unpaired) electrons. The molecule has 2 aromatic carbocycles. The second-order valence-electron chi connectivity index (χ2n) is 6.65. The van der Waals surface area contributed by atoms with Gasteiger partial charge >= 0.3 is 0 Å². The largest absolute Gasteiger partial charge is 0.386 e. The summed E-state index contributed by atoms with van der Waals surface area (Å²) < 4.78 is 30.7. The van der Waals surface area contributed by atoms with E-state index < -0.39 is 29.2 Å². The van der Waals surface area contributed by atoms with Crippen molar-refractivity contribution in [3.05, 3.63) is 71.3 Å². The average molecular weight is 391 g/mol. The van der Waals surface area contributed by atoms with E-state index in [1.807, 2.05) is 18.2 Å². The lowest BCUT2D eigenvalue weighted by molar-refractivity contribution is -0.119. The number of primary amides is 1. The van der Waals surface area contributed by atoms with E-state index in [0.29, 0.717) is 5.69 Å². The van der Waals surface area contributed by atoms with Gasteiger partial charge in [0.1, 0.15) is 17.7 Å². The van der Waals surface area contributed by atoms with Gasteiger partial charge in [0.2, 0.25) is 5.91 Å². The van der Waals surface area contributed by atoms with Crippen LogP contribution < -0.4 is 11.2 Å². The molecule has 8 heteroatoms. The Morgan fingerprint density at radius 1 is 1.22 bits per heavy atom. The summed E-state index contributed by atoms with van der Waals surface area (Å²) in [6.07, 6.45) is 1.41. The highest BCUT2D eigenvalue weighted by Crippen LogP contribution is 2.41. The van der Waals surface area contributed by atoms with Crippen molar-refractivity contribution in [3.63, 3.8) is 0 Å². The van der Waals surface area contributed by atoms with Crippen LogP contribution in [0.25, 0.3) is 4.91 Å². The van der Waals surface area contributed by atoms with Crippen molar-refractivity contribution in [3.8, 4) is 0 Å². The zero-order chi connectivity index (χ0) is 19.8. The van der Waals surface area contributed by atoms with Crippen molar-refractivity contribution >= 4 is 28.4 Å². The molecule has 1 heterocycles. The first-order valence-corrected chi connectivity index (χ1v) is 8.96. The van der Waals surface area contributed by atoms with E-state index in [2.05, 4.69) is 5.43 Å². The Labute approximate surface area is 160 Å². The second kappa shape index (κ2) is 7.30. The summed E-state index contributed by atoms with van der Waals surface area (Å²) in [6, 6.07) is 10.3. The van der Waals surface area contributed by atoms with Crippen molar-refractivity contribution < 1.29 is 18.7 Å². The topological polar surface area (TPSA) is 78.6 Å². The molecular weight excluding hydrogens is 372 g/mol. The summed E-state index contributed by atoms with van der Waals surface area (Å²) in [4.78, 5) is 12.0. The lowest BCUT2D eigenvalue weighted by Crippen LogP contribution is -2.40. The van der Waals surface area contributed by atoms with E-state index in [1.165, 1.54) is 24.3 Å². The molecule has 0 saturated heterocycles. The number of halogens is 2. The molecular formula is C19H19F2N3O2S. The van der Waals surface area contributed by atoms with Crippen LogP contribution in [0.15, 0.2) is 48.5 Å². The van der Waals surface area contributed by atoms with Crippen LogP contribution in [0, 0.1) is 11.6 Å². The molecule has 1 amide bonds. The Hall–Kier alpha value is -2.42. The first-order chi connectivity index (χ1) is 12.7. The Kier molecular flexibility index (Phi) is 5.23. The fraction of sp³-hybridized carbons (Fsp3) is 0.211. The Balaban J connectivity index is 1.93. The molecule has 1 unspecified atom stereocenters. The van der Waals surface area contributed by atoms with Crippen LogP contribution >= 0.6 is 11.9 Å². The lowest BCUT2D eigenvalue weighted by atomic mass is 9.96. The maximum Gasteiger partial charge on any atom is 0.241 e. The van der Waals surface area contributed by atoms with Crippen molar-refractivity contribution in [2.75, 3.05) is 5.43 Å². The number of carbonyl (C=O) groups excluding carboxylic acids is 1. The second-order valence-corrected chi connectivity index (χ2v) is 7.66. The third kappa shape index (κ3) is 4.13. The number of benzene rings is 2. The monoisotopic (exact) mass is 391 g/mol. The van der Waals surface area contributed by atoms with Crippen LogP contribution in [0.2, 0.25) is 0 Å². The van der Waals surface area contributed by atoms with Crippen LogP contribution in [0.1, 0.15) is 25.0 Å². The van der Waals surface area contributed by atoms with E-state index in [4.69, 9.17) is 5.73 Å². The molecule has 0 fully saturated rings. The Morgan fingerprint density at radius 2 is 1.81 bits per heavy atom. The normalized spacial score (nSPS) is 17.7. The molecule has 4 N–H and O–H groups in total. The van der Waals surface area contributed by atoms with Gasteiger partial charge in [0.25, 0.3) is 0 Å². The molecule has 142 valence electrons.